The van der Waals surface area contributed by atoms with Crippen LogP contribution in [0.1, 0.15) is 15.9 Å². The number of carboxylic acid groups (broad SMARTS) is 1. The van der Waals surface area contributed by atoms with Gasteiger partial charge in [0.15, 0.2) is 11.6 Å². The van der Waals surface area contributed by atoms with Gasteiger partial charge < -0.3 is 15.6 Å². The van der Waals surface area contributed by atoms with Crippen molar-refractivity contribution in [2.24, 2.45) is 5.73 Å². The number of rotatable bonds is 5. The Bertz CT molecular complexity index is 703. The molecule has 0 aliphatic rings. The van der Waals surface area contributed by atoms with Crippen molar-refractivity contribution in [2.45, 2.75) is 6.42 Å². The van der Waals surface area contributed by atoms with E-state index in [1.807, 2.05) is 0 Å². The lowest BCUT2D eigenvalue weighted by atomic mass is 10.1. The van der Waals surface area contributed by atoms with Crippen molar-refractivity contribution in [1.82, 2.24) is 4.98 Å². The number of hydrogen-bond acceptors (Lipinski definition) is 4. The monoisotopic (exact) mass is 290 g/mol. The van der Waals surface area contributed by atoms with E-state index >= 15 is 0 Å². The summed E-state index contributed by atoms with van der Waals surface area (Å²) in [7, 11) is 0. The van der Waals surface area contributed by atoms with Crippen LogP contribution < -0.4 is 10.5 Å². The lowest BCUT2D eigenvalue weighted by Crippen LogP contribution is -2.13. The van der Waals surface area contributed by atoms with Crippen LogP contribution in [0, 0.1) is 5.82 Å². The van der Waals surface area contributed by atoms with E-state index in [0.717, 1.165) is 6.07 Å². The Morgan fingerprint density at radius 2 is 2.10 bits per heavy atom. The van der Waals surface area contributed by atoms with Crippen molar-refractivity contribution in [3.8, 4) is 11.6 Å². The molecular weight excluding hydrogens is 279 g/mol. The molecule has 0 aliphatic carbocycles. The fourth-order valence-electron chi connectivity index (χ4n) is 1.68. The number of hydrogen-bond donors (Lipinski definition) is 2. The number of amides is 1. The van der Waals surface area contributed by atoms with Crippen LogP contribution >= 0.6 is 0 Å². The average molecular weight is 290 g/mol. The van der Waals surface area contributed by atoms with E-state index < -0.39 is 17.7 Å². The molecule has 6 nitrogen and oxygen atoms in total. The molecule has 0 radical (unpaired) electrons. The van der Waals surface area contributed by atoms with Crippen LogP contribution in [-0.4, -0.2) is 22.0 Å². The Morgan fingerprint density at radius 3 is 2.71 bits per heavy atom. The summed E-state index contributed by atoms with van der Waals surface area (Å²) in [6.07, 6.45) is 1.08. The number of benzene rings is 1. The number of carboxylic acids is 1. The standard InChI is InChI=1S/C14H11FN2O4/c15-10-6-8(7-12(18)19)3-4-11(10)21-14-9(13(16)20)2-1-5-17-14/h1-6H,7H2,(H2,16,20)(H,18,19). The number of halogens is 1. The van der Waals surface area contributed by atoms with Gasteiger partial charge in [0.1, 0.15) is 5.56 Å². The van der Waals surface area contributed by atoms with Crippen LogP contribution in [0.4, 0.5) is 4.39 Å². The molecule has 7 heteroatoms. The molecular formula is C14H11FN2O4. The third kappa shape index (κ3) is 3.53. The van der Waals surface area contributed by atoms with Gasteiger partial charge in [-0.3, -0.25) is 9.59 Å². The van der Waals surface area contributed by atoms with Gasteiger partial charge in [-0.2, -0.15) is 0 Å². The predicted octanol–water partition coefficient (Wildman–Crippen LogP) is 1.74. The third-order valence-electron chi connectivity index (χ3n) is 2.59. The summed E-state index contributed by atoms with van der Waals surface area (Å²) in [5, 5.41) is 8.64. The van der Waals surface area contributed by atoms with Gasteiger partial charge in [0.2, 0.25) is 5.88 Å². The molecule has 108 valence electrons. The van der Waals surface area contributed by atoms with Gasteiger partial charge in [-0.25, -0.2) is 9.37 Å². The van der Waals surface area contributed by atoms with E-state index in [9.17, 15) is 14.0 Å². The maximum Gasteiger partial charge on any atom is 0.307 e. The maximum atomic E-state index is 13.9. The highest BCUT2D eigenvalue weighted by Crippen LogP contribution is 2.26. The molecule has 1 aromatic heterocycles. The molecule has 0 saturated carbocycles. The number of nitrogens with zero attached hydrogens (tertiary/aromatic N) is 1. The minimum atomic E-state index is -1.07. The Morgan fingerprint density at radius 1 is 1.33 bits per heavy atom. The van der Waals surface area contributed by atoms with Gasteiger partial charge in [-0.05, 0) is 29.8 Å². The fourth-order valence-corrected chi connectivity index (χ4v) is 1.68. The highest BCUT2D eigenvalue weighted by atomic mass is 19.1. The first kappa shape index (κ1) is 14.4. The zero-order valence-electron chi connectivity index (χ0n) is 10.7. The van der Waals surface area contributed by atoms with Crippen LogP contribution in [0.25, 0.3) is 0 Å². The number of ether oxygens (including phenoxy) is 1. The second-order valence-electron chi connectivity index (χ2n) is 4.16. The summed E-state index contributed by atoms with van der Waals surface area (Å²) in [6, 6.07) is 6.64. The smallest absolute Gasteiger partial charge is 0.307 e. The van der Waals surface area contributed by atoms with E-state index in [1.54, 1.807) is 0 Å². The van der Waals surface area contributed by atoms with Gasteiger partial charge >= 0.3 is 5.97 Å². The Kier molecular flexibility index (Phi) is 4.13. The maximum absolute atomic E-state index is 13.9. The molecule has 1 aromatic carbocycles. The first-order valence-electron chi connectivity index (χ1n) is 5.90. The quantitative estimate of drug-likeness (QED) is 0.873. The number of primary amides is 1. The van der Waals surface area contributed by atoms with Crippen LogP contribution in [0.15, 0.2) is 36.5 Å². The Balaban J connectivity index is 2.28. The molecule has 1 heterocycles. The second-order valence-corrected chi connectivity index (χ2v) is 4.16. The molecule has 0 fully saturated rings. The van der Waals surface area contributed by atoms with Gasteiger partial charge in [-0.1, -0.05) is 6.07 Å². The first-order valence-corrected chi connectivity index (χ1v) is 5.90. The highest BCUT2D eigenvalue weighted by molar-refractivity contribution is 5.95. The molecule has 0 saturated heterocycles. The van der Waals surface area contributed by atoms with Crippen molar-refractivity contribution in [2.75, 3.05) is 0 Å². The summed E-state index contributed by atoms with van der Waals surface area (Å²) in [5.41, 5.74) is 5.48. The van der Waals surface area contributed by atoms with Gasteiger partial charge in [0.05, 0.1) is 6.42 Å². The first-order chi connectivity index (χ1) is 9.97. The molecule has 0 spiro atoms. The molecule has 0 aliphatic heterocycles. The normalized spacial score (nSPS) is 10.1. The van der Waals surface area contributed by atoms with Gasteiger partial charge in [0, 0.05) is 6.20 Å². The third-order valence-corrected chi connectivity index (χ3v) is 2.59. The van der Waals surface area contributed by atoms with E-state index in [2.05, 4.69) is 4.98 Å². The molecule has 21 heavy (non-hydrogen) atoms. The summed E-state index contributed by atoms with van der Waals surface area (Å²) >= 11 is 0. The zero-order chi connectivity index (χ0) is 15.4. The summed E-state index contributed by atoms with van der Waals surface area (Å²) in [5.74, 6) is -2.86. The summed E-state index contributed by atoms with van der Waals surface area (Å²) < 4.78 is 19.1. The largest absolute Gasteiger partial charge is 0.481 e. The number of carbonyl (C=O) groups is 2. The number of pyridine rings is 1. The molecule has 2 aromatic rings. The average Bonchev–Trinajstić information content (AvgIpc) is 2.41. The summed E-state index contributed by atoms with van der Waals surface area (Å²) in [6.45, 7) is 0. The second kappa shape index (κ2) is 6.00. The zero-order valence-corrected chi connectivity index (χ0v) is 10.7. The SMILES string of the molecule is NC(=O)c1cccnc1Oc1ccc(CC(=O)O)cc1F. The van der Waals surface area contributed by atoms with Crippen molar-refractivity contribution in [3.63, 3.8) is 0 Å². The van der Waals surface area contributed by atoms with Crippen LogP contribution in [-0.2, 0) is 11.2 Å². The highest BCUT2D eigenvalue weighted by Gasteiger charge is 2.14. The topological polar surface area (TPSA) is 103 Å². The van der Waals surface area contributed by atoms with Crippen LogP contribution in [0.2, 0.25) is 0 Å². The van der Waals surface area contributed by atoms with E-state index in [1.165, 1.54) is 30.5 Å². The Labute approximate surface area is 119 Å². The molecule has 0 bridgehead atoms. The van der Waals surface area contributed by atoms with Gasteiger partial charge in [-0.15, -0.1) is 0 Å². The van der Waals surface area contributed by atoms with Gasteiger partial charge in [0.25, 0.3) is 5.91 Å². The summed E-state index contributed by atoms with van der Waals surface area (Å²) in [4.78, 5) is 25.6. The molecule has 2 rings (SSSR count). The fraction of sp³-hybridized carbons (Fsp3) is 0.0714. The lowest BCUT2D eigenvalue weighted by molar-refractivity contribution is -0.136. The van der Waals surface area contributed by atoms with Crippen molar-refractivity contribution >= 4 is 11.9 Å². The number of nitrogens with two attached hydrogens (primary N) is 1. The number of aliphatic carboxylic acids is 1. The molecule has 0 atom stereocenters. The molecule has 3 N–H and O–H groups in total. The van der Waals surface area contributed by atoms with Crippen molar-refractivity contribution in [3.05, 3.63) is 53.5 Å². The van der Waals surface area contributed by atoms with Crippen molar-refractivity contribution in [1.29, 1.82) is 0 Å². The lowest BCUT2D eigenvalue weighted by Gasteiger charge is -2.09. The predicted molar refractivity (Wildman–Crippen MR) is 70.6 cm³/mol. The van der Waals surface area contributed by atoms with Crippen molar-refractivity contribution < 1.29 is 23.8 Å². The van der Waals surface area contributed by atoms with E-state index in [-0.39, 0.29) is 23.6 Å². The molecule has 0 unspecified atom stereocenters. The van der Waals surface area contributed by atoms with Crippen LogP contribution in [0.3, 0.4) is 0 Å². The minimum Gasteiger partial charge on any atom is -0.481 e. The molecule has 1 amide bonds. The van der Waals surface area contributed by atoms with E-state index in [0.29, 0.717) is 5.56 Å². The number of carbonyl (C=O) groups excluding carboxylic acids is 1. The number of aromatic nitrogens is 1. The Hall–Kier alpha value is -2.96. The minimum absolute atomic E-state index is 0.0199. The van der Waals surface area contributed by atoms with Crippen LogP contribution in [0.5, 0.6) is 11.6 Å². The van der Waals surface area contributed by atoms with E-state index in [4.69, 9.17) is 15.6 Å².